The van der Waals surface area contributed by atoms with E-state index in [-0.39, 0.29) is 17.6 Å². The Morgan fingerprint density at radius 2 is 1.85 bits per heavy atom. The Kier molecular flexibility index (Phi) is 4.70. The van der Waals surface area contributed by atoms with E-state index in [0.29, 0.717) is 24.2 Å². The molecule has 0 fully saturated rings. The quantitative estimate of drug-likeness (QED) is 0.606. The number of aryl methyl sites for hydroxylation is 1. The van der Waals surface area contributed by atoms with E-state index >= 15 is 0 Å². The highest BCUT2D eigenvalue weighted by molar-refractivity contribution is 9.10. The second-order valence-electron chi connectivity index (χ2n) is 6.80. The van der Waals surface area contributed by atoms with Crippen LogP contribution in [-0.2, 0) is 11.3 Å². The summed E-state index contributed by atoms with van der Waals surface area (Å²) in [5.74, 6) is -0.310. The Bertz CT molecular complexity index is 1020. The number of hydrogen-bond acceptors (Lipinski definition) is 2. The first-order valence-electron chi connectivity index (χ1n) is 8.91. The van der Waals surface area contributed by atoms with Crippen LogP contribution in [0.5, 0.6) is 0 Å². The molecule has 0 aliphatic carbocycles. The van der Waals surface area contributed by atoms with Gasteiger partial charge in [0.2, 0.25) is 11.7 Å². The summed E-state index contributed by atoms with van der Waals surface area (Å²) >= 11 is 3.50. The Morgan fingerprint density at radius 3 is 2.59 bits per heavy atom. The molecule has 3 aromatic rings. The van der Waals surface area contributed by atoms with Crippen LogP contribution in [0.2, 0.25) is 0 Å². The van der Waals surface area contributed by atoms with Gasteiger partial charge in [-0.3, -0.25) is 9.59 Å². The maximum Gasteiger partial charge on any atom is 0.233 e. The number of anilines is 1. The number of fused-ring (bicyclic) bond motifs is 1. The topological polar surface area (TPSA) is 51.1 Å². The fourth-order valence-electron chi connectivity index (χ4n) is 3.59. The molecule has 2 aromatic carbocycles. The van der Waals surface area contributed by atoms with Crippen molar-refractivity contribution in [3.05, 3.63) is 87.7 Å². The molecule has 1 amide bonds. The van der Waals surface area contributed by atoms with Crippen LogP contribution in [0.1, 0.15) is 39.6 Å². The van der Waals surface area contributed by atoms with Crippen molar-refractivity contribution in [1.29, 1.82) is 0 Å². The SMILES string of the molecule is Cc1ccc(NC(=O)C2CCn3c(C(=O)c4ccccc4)ccc32)c(Br)c1. The molecule has 0 saturated heterocycles. The normalized spacial score (nSPS) is 15.4. The molecule has 4 nitrogen and oxygen atoms in total. The molecule has 2 heterocycles. The van der Waals surface area contributed by atoms with Crippen LogP contribution in [0, 0.1) is 6.92 Å². The fourth-order valence-corrected chi connectivity index (χ4v) is 4.18. The number of benzene rings is 2. The minimum Gasteiger partial charge on any atom is -0.341 e. The molecule has 0 radical (unpaired) electrons. The van der Waals surface area contributed by atoms with Crippen molar-refractivity contribution in [1.82, 2.24) is 4.57 Å². The first-order valence-corrected chi connectivity index (χ1v) is 9.70. The number of nitrogens with zero attached hydrogens (tertiary/aromatic N) is 1. The zero-order chi connectivity index (χ0) is 19.0. The van der Waals surface area contributed by atoms with E-state index < -0.39 is 0 Å². The van der Waals surface area contributed by atoms with E-state index in [9.17, 15) is 9.59 Å². The van der Waals surface area contributed by atoms with Crippen molar-refractivity contribution in [3.63, 3.8) is 0 Å². The van der Waals surface area contributed by atoms with E-state index in [1.807, 2.05) is 72.2 Å². The molecule has 1 N–H and O–H groups in total. The van der Waals surface area contributed by atoms with Gasteiger partial charge in [0.1, 0.15) is 0 Å². The Balaban J connectivity index is 1.57. The van der Waals surface area contributed by atoms with Crippen LogP contribution in [0.15, 0.2) is 65.1 Å². The lowest BCUT2D eigenvalue weighted by molar-refractivity contribution is -0.117. The third-order valence-corrected chi connectivity index (χ3v) is 5.64. The van der Waals surface area contributed by atoms with Crippen molar-refractivity contribution >= 4 is 33.3 Å². The molecule has 1 aliphatic rings. The molecular weight excluding hydrogens is 404 g/mol. The molecule has 4 rings (SSSR count). The summed E-state index contributed by atoms with van der Waals surface area (Å²) in [7, 11) is 0. The molecule has 1 aromatic heterocycles. The van der Waals surface area contributed by atoms with Gasteiger partial charge in [-0.2, -0.15) is 0 Å². The molecule has 0 bridgehead atoms. The van der Waals surface area contributed by atoms with E-state index in [2.05, 4.69) is 21.2 Å². The lowest BCUT2D eigenvalue weighted by Crippen LogP contribution is -2.19. The number of amides is 1. The van der Waals surface area contributed by atoms with Crippen LogP contribution in [0.25, 0.3) is 0 Å². The predicted molar refractivity (Wildman–Crippen MR) is 109 cm³/mol. The van der Waals surface area contributed by atoms with Gasteiger partial charge in [0.05, 0.1) is 17.3 Å². The zero-order valence-electron chi connectivity index (χ0n) is 14.9. The summed E-state index contributed by atoms with van der Waals surface area (Å²) in [5, 5.41) is 3.01. The van der Waals surface area contributed by atoms with Crippen molar-refractivity contribution in [3.8, 4) is 0 Å². The minimum absolute atomic E-state index is 0.0100. The number of aromatic nitrogens is 1. The summed E-state index contributed by atoms with van der Waals surface area (Å²) in [5.41, 5.74) is 4.09. The molecule has 0 spiro atoms. The molecule has 1 aliphatic heterocycles. The van der Waals surface area contributed by atoms with Crippen molar-refractivity contribution < 1.29 is 9.59 Å². The second kappa shape index (κ2) is 7.16. The average molecular weight is 423 g/mol. The standard InChI is InChI=1S/C22H19BrN2O2/c1-14-7-8-18(17(23)13-14)24-22(27)16-11-12-25-19(16)9-10-20(25)21(26)15-5-3-2-4-6-15/h2-10,13,16H,11-12H2,1H3,(H,24,27). The van der Waals surface area contributed by atoms with Crippen molar-refractivity contribution in [2.24, 2.45) is 0 Å². The Morgan fingerprint density at radius 1 is 1.07 bits per heavy atom. The highest BCUT2D eigenvalue weighted by Crippen LogP contribution is 2.33. The van der Waals surface area contributed by atoms with Gasteiger partial charge < -0.3 is 9.88 Å². The smallest absolute Gasteiger partial charge is 0.233 e. The molecular formula is C22H19BrN2O2. The Hall–Kier alpha value is -2.66. The minimum atomic E-state index is -0.254. The molecule has 5 heteroatoms. The van der Waals surface area contributed by atoms with E-state index in [0.717, 1.165) is 21.4 Å². The van der Waals surface area contributed by atoms with Crippen molar-refractivity contribution in [2.75, 3.05) is 5.32 Å². The summed E-state index contributed by atoms with van der Waals surface area (Å²) in [6.45, 7) is 2.68. The van der Waals surface area contributed by atoms with E-state index in [1.165, 1.54) is 0 Å². The number of carbonyl (C=O) groups excluding carboxylic acids is 2. The van der Waals surface area contributed by atoms with Crippen LogP contribution in [0.3, 0.4) is 0 Å². The third kappa shape index (κ3) is 3.35. The molecule has 1 unspecified atom stereocenters. The largest absolute Gasteiger partial charge is 0.341 e. The number of hydrogen-bond donors (Lipinski definition) is 1. The fraction of sp³-hybridized carbons (Fsp3) is 0.182. The highest BCUT2D eigenvalue weighted by Gasteiger charge is 2.32. The summed E-state index contributed by atoms with van der Waals surface area (Å²) in [4.78, 5) is 25.6. The number of carbonyl (C=O) groups is 2. The molecule has 27 heavy (non-hydrogen) atoms. The van der Waals surface area contributed by atoms with Gasteiger partial charge in [-0.1, -0.05) is 36.4 Å². The summed E-state index contributed by atoms with van der Waals surface area (Å²) in [6.07, 6.45) is 0.695. The molecule has 1 atom stereocenters. The van der Waals surface area contributed by atoms with E-state index in [4.69, 9.17) is 0 Å². The van der Waals surface area contributed by atoms with Gasteiger partial charge in [0.15, 0.2) is 0 Å². The third-order valence-electron chi connectivity index (χ3n) is 4.98. The first kappa shape index (κ1) is 17.7. The van der Waals surface area contributed by atoms with Gasteiger partial charge in [-0.25, -0.2) is 0 Å². The van der Waals surface area contributed by atoms with Gasteiger partial charge in [0, 0.05) is 22.3 Å². The summed E-state index contributed by atoms with van der Waals surface area (Å²) < 4.78 is 2.84. The van der Waals surface area contributed by atoms with Crippen LogP contribution < -0.4 is 5.32 Å². The maximum atomic E-state index is 12.8. The van der Waals surface area contributed by atoms with Gasteiger partial charge in [-0.05, 0) is 59.1 Å². The molecule has 136 valence electrons. The van der Waals surface area contributed by atoms with Gasteiger partial charge in [0.25, 0.3) is 0 Å². The number of halogens is 1. The number of rotatable bonds is 4. The van der Waals surface area contributed by atoms with Crippen LogP contribution in [0.4, 0.5) is 5.69 Å². The van der Waals surface area contributed by atoms with E-state index in [1.54, 1.807) is 0 Å². The maximum absolute atomic E-state index is 12.8. The number of ketones is 1. The number of nitrogens with one attached hydrogen (secondary N) is 1. The lowest BCUT2D eigenvalue weighted by atomic mass is 10.0. The van der Waals surface area contributed by atoms with Gasteiger partial charge in [-0.15, -0.1) is 0 Å². The summed E-state index contributed by atoms with van der Waals surface area (Å²) in [6, 6.07) is 18.8. The van der Waals surface area contributed by atoms with Crippen LogP contribution >= 0.6 is 15.9 Å². The second-order valence-corrected chi connectivity index (χ2v) is 7.66. The average Bonchev–Trinajstić information content (AvgIpc) is 3.26. The molecule has 0 saturated carbocycles. The van der Waals surface area contributed by atoms with Crippen molar-refractivity contribution in [2.45, 2.75) is 25.8 Å². The highest BCUT2D eigenvalue weighted by atomic mass is 79.9. The predicted octanol–water partition coefficient (Wildman–Crippen LogP) is 4.92. The van der Waals surface area contributed by atoms with Crippen LogP contribution in [-0.4, -0.2) is 16.3 Å². The monoisotopic (exact) mass is 422 g/mol. The zero-order valence-corrected chi connectivity index (χ0v) is 16.5. The first-order chi connectivity index (χ1) is 13.0. The lowest BCUT2D eigenvalue weighted by Gasteiger charge is -2.12. The Labute approximate surface area is 166 Å². The van der Waals surface area contributed by atoms with Gasteiger partial charge >= 0.3 is 0 Å².